The second-order valence-corrected chi connectivity index (χ2v) is 8.05. The number of hydrogen-bond donors (Lipinski definition) is 3. The first-order chi connectivity index (χ1) is 12.0. The fraction of sp³-hybridized carbons (Fsp3) is 0.765. The van der Waals surface area contributed by atoms with Gasteiger partial charge in [0, 0.05) is 25.4 Å². The number of nitrogens with zero attached hydrogens (tertiary/aromatic N) is 2. The van der Waals surface area contributed by atoms with E-state index in [1.54, 1.807) is 0 Å². The summed E-state index contributed by atoms with van der Waals surface area (Å²) in [7, 11) is 0. The molecule has 1 heterocycles. The van der Waals surface area contributed by atoms with Crippen molar-refractivity contribution in [3.63, 3.8) is 0 Å². The third-order valence-corrected chi connectivity index (χ3v) is 4.96. The standard InChI is InChI=1S/C17H29N5O2S/c1-12(2)11-15-21-22-17(25-15)20-14(23)9-6-10-18-16(24)19-13-7-4-3-5-8-13/h12-13H,3-11H2,1-2H3,(H2,18,19,24)(H,20,22,23). The average Bonchev–Trinajstić information content (AvgIpc) is 2.98. The lowest BCUT2D eigenvalue weighted by molar-refractivity contribution is -0.116. The molecule has 0 unspecified atom stereocenters. The van der Waals surface area contributed by atoms with Crippen LogP contribution in [0.4, 0.5) is 9.93 Å². The van der Waals surface area contributed by atoms with Gasteiger partial charge in [-0.25, -0.2) is 4.79 Å². The Morgan fingerprint density at radius 3 is 2.68 bits per heavy atom. The van der Waals surface area contributed by atoms with Gasteiger partial charge in [-0.1, -0.05) is 44.4 Å². The van der Waals surface area contributed by atoms with Crippen LogP contribution in [0.3, 0.4) is 0 Å². The Kier molecular flexibility index (Phi) is 8.11. The molecule has 3 amide bonds. The van der Waals surface area contributed by atoms with Crippen molar-refractivity contribution in [2.75, 3.05) is 11.9 Å². The number of rotatable bonds is 8. The van der Waals surface area contributed by atoms with Crippen LogP contribution in [0.2, 0.25) is 0 Å². The van der Waals surface area contributed by atoms with Gasteiger partial charge in [-0.2, -0.15) is 0 Å². The molecule has 0 spiro atoms. The van der Waals surface area contributed by atoms with E-state index in [2.05, 4.69) is 40.0 Å². The van der Waals surface area contributed by atoms with Gasteiger partial charge in [-0.05, 0) is 25.2 Å². The van der Waals surface area contributed by atoms with Crippen molar-refractivity contribution >= 4 is 28.4 Å². The van der Waals surface area contributed by atoms with Gasteiger partial charge in [0.15, 0.2) is 0 Å². The molecule has 7 nitrogen and oxygen atoms in total. The van der Waals surface area contributed by atoms with Gasteiger partial charge in [0.1, 0.15) is 5.01 Å². The fourth-order valence-corrected chi connectivity index (χ4v) is 3.82. The highest BCUT2D eigenvalue weighted by atomic mass is 32.1. The van der Waals surface area contributed by atoms with Crippen molar-refractivity contribution in [2.45, 2.75) is 71.3 Å². The van der Waals surface area contributed by atoms with Crippen molar-refractivity contribution < 1.29 is 9.59 Å². The maximum Gasteiger partial charge on any atom is 0.315 e. The Balaban J connectivity index is 1.57. The molecule has 25 heavy (non-hydrogen) atoms. The second kappa shape index (κ2) is 10.3. The molecule has 2 rings (SSSR count). The summed E-state index contributed by atoms with van der Waals surface area (Å²) in [6.45, 7) is 4.73. The van der Waals surface area contributed by atoms with Gasteiger partial charge in [0.25, 0.3) is 0 Å². The Hall–Kier alpha value is -1.70. The van der Waals surface area contributed by atoms with Crippen LogP contribution < -0.4 is 16.0 Å². The maximum atomic E-state index is 11.9. The van der Waals surface area contributed by atoms with E-state index in [0.717, 1.165) is 24.3 Å². The van der Waals surface area contributed by atoms with Gasteiger partial charge >= 0.3 is 6.03 Å². The molecule has 0 saturated heterocycles. The molecular weight excluding hydrogens is 338 g/mol. The fourth-order valence-electron chi connectivity index (χ4n) is 2.85. The molecule has 3 N–H and O–H groups in total. The van der Waals surface area contributed by atoms with Crippen molar-refractivity contribution in [2.24, 2.45) is 5.92 Å². The molecular formula is C17H29N5O2S. The summed E-state index contributed by atoms with van der Waals surface area (Å²) < 4.78 is 0. The molecule has 0 radical (unpaired) electrons. The van der Waals surface area contributed by atoms with Crippen LogP contribution in [0.5, 0.6) is 0 Å². The topological polar surface area (TPSA) is 96.0 Å². The van der Waals surface area contributed by atoms with Crippen LogP contribution >= 0.6 is 11.3 Å². The molecule has 8 heteroatoms. The molecule has 1 aliphatic carbocycles. The SMILES string of the molecule is CC(C)Cc1nnc(NC(=O)CCCNC(=O)NC2CCCCC2)s1. The third-order valence-electron chi connectivity index (χ3n) is 4.10. The first-order valence-corrected chi connectivity index (χ1v) is 10.0. The minimum absolute atomic E-state index is 0.0956. The number of amides is 3. The molecule has 1 fully saturated rings. The van der Waals surface area contributed by atoms with Gasteiger partial charge in [0.05, 0.1) is 0 Å². The lowest BCUT2D eigenvalue weighted by Gasteiger charge is -2.22. The predicted octanol–water partition coefficient (Wildman–Crippen LogP) is 3.09. The van der Waals surface area contributed by atoms with Crippen molar-refractivity contribution in [1.82, 2.24) is 20.8 Å². The predicted molar refractivity (Wildman–Crippen MR) is 99.7 cm³/mol. The summed E-state index contributed by atoms with van der Waals surface area (Å²) in [5.41, 5.74) is 0. The zero-order chi connectivity index (χ0) is 18.1. The quantitative estimate of drug-likeness (QED) is 0.615. The van der Waals surface area contributed by atoms with E-state index in [-0.39, 0.29) is 11.9 Å². The van der Waals surface area contributed by atoms with E-state index in [4.69, 9.17) is 0 Å². The summed E-state index contributed by atoms with van der Waals surface area (Å²) in [4.78, 5) is 23.7. The molecule has 0 aromatic carbocycles. The summed E-state index contributed by atoms with van der Waals surface area (Å²) in [5.74, 6) is 0.420. The Morgan fingerprint density at radius 1 is 1.20 bits per heavy atom. The second-order valence-electron chi connectivity index (χ2n) is 6.99. The number of anilines is 1. The van der Waals surface area contributed by atoms with E-state index >= 15 is 0 Å². The minimum Gasteiger partial charge on any atom is -0.338 e. The average molecular weight is 368 g/mol. The van der Waals surface area contributed by atoms with E-state index in [9.17, 15) is 9.59 Å². The lowest BCUT2D eigenvalue weighted by atomic mass is 9.96. The maximum absolute atomic E-state index is 11.9. The summed E-state index contributed by atoms with van der Waals surface area (Å²) in [6, 6.07) is 0.171. The van der Waals surface area contributed by atoms with Gasteiger partial charge in [-0.15, -0.1) is 10.2 Å². The van der Waals surface area contributed by atoms with Crippen molar-refractivity contribution in [3.8, 4) is 0 Å². The van der Waals surface area contributed by atoms with Crippen LogP contribution in [0, 0.1) is 5.92 Å². The largest absolute Gasteiger partial charge is 0.338 e. The number of carbonyl (C=O) groups excluding carboxylic acids is 2. The number of aromatic nitrogens is 2. The molecule has 0 aliphatic heterocycles. The normalized spacial score (nSPS) is 15.2. The van der Waals surface area contributed by atoms with Crippen LogP contribution in [0.15, 0.2) is 0 Å². The number of urea groups is 1. The highest BCUT2D eigenvalue weighted by Crippen LogP contribution is 2.18. The first kappa shape index (κ1) is 19.6. The minimum atomic E-state index is -0.130. The Bertz CT molecular complexity index is 555. The number of nitrogens with one attached hydrogen (secondary N) is 3. The van der Waals surface area contributed by atoms with Crippen molar-refractivity contribution in [3.05, 3.63) is 5.01 Å². The molecule has 1 saturated carbocycles. The van der Waals surface area contributed by atoms with Gasteiger partial charge in [-0.3, -0.25) is 4.79 Å². The van der Waals surface area contributed by atoms with Crippen LogP contribution in [0.25, 0.3) is 0 Å². The molecule has 1 aromatic rings. The zero-order valence-corrected chi connectivity index (χ0v) is 16.0. The van der Waals surface area contributed by atoms with E-state index in [1.807, 2.05) is 0 Å². The molecule has 0 atom stereocenters. The molecule has 1 aromatic heterocycles. The summed E-state index contributed by atoms with van der Waals surface area (Å²) >= 11 is 1.42. The Morgan fingerprint density at radius 2 is 1.96 bits per heavy atom. The summed E-state index contributed by atoms with van der Waals surface area (Å²) in [5, 5.41) is 18.1. The van der Waals surface area contributed by atoms with E-state index in [0.29, 0.717) is 36.5 Å². The highest BCUT2D eigenvalue weighted by molar-refractivity contribution is 7.15. The van der Waals surface area contributed by atoms with Crippen LogP contribution in [-0.2, 0) is 11.2 Å². The molecule has 0 bridgehead atoms. The molecule has 140 valence electrons. The number of carbonyl (C=O) groups is 2. The smallest absolute Gasteiger partial charge is 0.315 e. The van der Waals surface area contributed by atoms with Gasteiger partial charge in [0.2, 0.25) is 11.0 Å². The van der Waals surface area contributed by atoms with Crippen LogP contribution in [-0.4, -0.2) is 34.7 Å². The van der Waals surface area contributed by atoms with E-state index < -0.39 is 0 Å². The van der Waals surface area contributed by atoms with Crippen LogP contribution in [0.1, 0.15) is 63.8 Å². The van der Waals surface area contributed by atoms with Gasteiger partial charge < -0.3 is 16.0 Å². The highest BCUT2D eigenvalue weighted by Gasteiger charge is 2.15. The first-order valence-electron chi connectivity index (χ1n) is 9.19. The van der Waals surface area contributed by atoms with Crippen molar-refractivity contribution in [1.29, 1.82) is 0 Å². The van der Waals surface area contributed by atoms with E-state index in [1.165, 1.54) is 30.6 Å². The molecule has 1 aliphatic rings. The lowest BCUT2D eigenvalue weighted by Crippen LogP contribution is -2.43. The number of hydrogen-bond acceptors (Lipinski definition) is 5. The monoisotopic (exact) mass is 367 g/mol. The Labute approximate surface area is 153 Å². The summed E-state index contributed by atoms with van der Waals surface area (Å²) in [6.07, 6.45) is 7.60. The zero-order valence-electron chi connectivity index (χ0n) is 15.1. The third kappa shape index (κ3) is 7.81.